The van der Waals surface area contributed by atoms with E-state index in [2.05, 4.69) is 13.8 Å². The van der Waals surface area contributed by atoms with Crippen molar-refractivity contribution >= 4 is 11.6 Å². The molecular weight excluding hydrogens is 200 g/mol. The first-order valence-corrected chi connectivity index (χ1v) is 5.81. The van der Waals surface area contributed by atoms with Crippen LogP contribution >= 0.6 is 0 Å². The Morgan fingerprint density at radius 1 is 1.19 bits per heavy atom. The summed E-state index contributed by atoms with van der Waals surface area (Å²) in [6.07, 6.45) is 6.21. The van der Waals surface area contributed by atoms with Crippen molar-refractivity contribution in [3.05, 3.63) is 23.8 Å². The number of carbonyl (C=O) groups is 2. The highest BCUT2D eigenvalue weighted by Gasteiger charge is 2.29. The van der Waals surface area contributed by atoms with Gasteiger partial charge < -0.3 is 0 Å². The van der Waals surface area contributed by atoms with E-state index in [9.17, 15) is 9.59 Å². The lowest BCUT2D eigenvalue weighted by Crippen LogP contribution is -2.24. The van der Waals surface area contributed by atoms with Gasteiger partial charge in [0.1, 0.15) is 0 Å². The summed E-state index contributed by atoms with van der Waals surface area (Å²) < 4.78 is 0. The van der Waals surface area contributed by atoms with Gasteiger partial charge in [-0.1, -0.05) is 34.1 Å². The molecule has 2 nitrogen and oxygen atoms in total. The first kappa shape index (κ1) is 12.9. The quantitative estimate of drug-likeness (QED) is 0.682. The molecule has 1 rings (SSSR count). The maximum Gasteiger partial charge on any atom is 0.182 e. The monoisotopic (exact) mass is 220 g/mol. The lowest BCUT2D eigenvalue weighted by atomic mass is 9.75. The minimum Gasteiger partial charge on any atom is -0.290 e. The molecule has 2 heteroatoms. The van der Waals surface area contributed by atoms with Gasteiger partial charge in [0, 0.05) is 5.57 Å². The smallest absolute Gasteiger partial charge is 0.182 e. The number of hydrogen-bond acceptors (Lipinski definition) is 2. The fourth-order valence-electron chi connectivity index (χ4n) is 1.82. The van der Waals surface area contributed by atoms with Crippen molar-refractivity contribution in [2.45, 2.75) is 40.5 Å². The third-order valence-corrected chi connectivity index (χ3v) is 3.03. The predicted octanol–water partition coefficient (Wildman–Crippen LogP) is 3.08. The van der Waals surface area contributed by atoms with Crippen molar-refractivity contribution < 1.29 is 9.59 Å². The fourth-order valence-corrected chi connectivity index (χ4v) is 1.82. The molecule has 0 radical (unpaired) electrons. The van der Waals surface area contributed by atoms with E-state index in [1.165, 1.54) is 18.2 Å². The molecule has 0 heterocycles. The normalized spacial score (nSPS) is 16.9. The van der Waals surface area contributed by atoms with Crippen LogP contribution in [0.1, 0.15) is 40.5 Å². The Bertz CT molecular complexity index is 357. The molecule has 0 unspecified atom stereocenters. The maximum absolute atomic E-state index is 11.7. The van der Waals surface area contributed by atoms with Gasteiger partial charge in [0.05, 0.1) is 0 Å². The molecule has 0 aromatic carbocycles. The van der Waals surface area contributed by atoms with Crippen LogP contribution in [-0.2, 0) is 9.59 Å². The molecule has 0 spiro atoms. The zero-order chi connectivity index (χ0) is 12.3. The number of rotatable bonds is 4. The van der Waals surface area contributed by atoms with Crippen LogP contribution in [0.25, 0.3) is 0 Å². The zero-order valence-electron chi connectivity index (χ0n) is 10.5. The minimum atomic E-state index is -0.207. The Hall–Kier alpha value is -1.18. The van der Waals surface area contributed by atoms with Crippen molar-refractivity contribution in [2.24, 2.45) is 11.3 Å². The second-order valence-electron chi connectivity index (χ2n) is 5.47. The first-order valence-electron chi connectivity index (χ1n) is 5.81. The molecular formula is C14H20O2. The summed E-state index contributed by atoms with van der Waals surface area (Å²) in [5.74, 6) is 0.519. The van der Waals surface area contributed by atoms with E-state index >= 15 is 0 Å². The van der Waals surface area contributed by atoms with Crippen LogP contribution < -0.4 is 0 Å². The molecule has 0 bridgehead atoms. The van der Waals surface area contributed by atoms with Crippen LogP contribution in [0.2, 0.25) is 0 Å². The summed E-state index contributed by atoms with van der Waals surface area (Å²) in [6, 6.07) is 0. The average Bonchev–Trinajstić information content (AvgIpc) is 2.19. The number of carbonyl (C=O) groups excluding carboxylic acids is 2. The molecule has 88 valence electrons. The largest absolute Gasteiger partial charge is 0.290 e. The van der Waals surface area contributed by atoms with Gasteiger partial charge in [0.2, 0.25) is 0 Å². The van der Waals surface area contributed by atoms with Crippen molar-refractivity contribution in [2.75, 3.05) is 0 Å². The van der Waals surface area contributed by atoms with Crippen LogP contribution in [0.4, 0.5) is 0 Å². The van der Waals surface area contributed by atoms with Gasteiger partial charge in [-0.2, -0.15) is 0 Å². The molecule has 16 heavy (non-hydrogen) atoms. The van der Waals surface area contributed by atoms with E-state index in [1.807, 2.05) is 13.8 Å². The molecule has 0 saturated heterocycles. The second-order valence-corrected chi connectivity index (χ2v) is 5.47. The van der Waals surface area contributed by atoms with E-state index < -0.39 is 0 Å². The maximum atomic E-state index is 11.7. The van der Waals surface area contributed by atoms with Crippen molar-refractivity contribution in [1.29, 1.82) is 0 Å². The first-order chi connectivity index (χ1) is 7.33. The zero-order valence-corrected chi connectivity index (χ0v) is 10.5. The average molecular weight is 220 g/mol. The highest BCUT2D eigenvalue weighted by atomic mass is 16.1. The molecule has 0 N–H and O–H groups in total. The Morgan fingerprint density at radius 3 is 2.38 bits per heavy atom. The summed E-state index contributed by atoms with van der Waals surface area (Å²) in [6.45, 7) is 8.40. The van der Waals surface area contributed by atoms with Gasteiger partial charge in [-0.05, 0) is 36.0 Å². The second kappa shape index (κ2) is 4.77. The van der Waals surface area contributed by atoms with Crippen LogP contribution in [0, 0.1) is 11.3 Å². The number of allylic oxidation sites excluding steroid dienone is 4. The molecule has 0 atom stereocenters. The van der Waals surface area contributed by atoms with Gasteiger partial charge in [0.15, 0.2) is 11.6 Å². The third-order valence-electron chi connectivity index (χ3n) is 3.03. The van der Waals surface area contributed by atoms with Crippen molar-refractivity contribution in [3.8, 4) is 0 Å². The van der Waals surface area contributed by atoms with Crippen LogP contribution in [0.5, 0.6) is 0 Å². The summed E-state index contributed by atoms with van der Waals surface area (Å²) in [5.41, 5.74) is 0.447. The molecule has 0 aliphatic heterocycles. The summed E-state index contributed by atoms with van der Waals surface area (Å²) >= 11 is 0. The lowest BCUT2D eigenvalue weighted by Gasteiger charge is -2.28. The standard InChI is InChI=1S/C14H20O2/c1-10(2)7-8-14(3,4)12-9-11(15)5-6-13(12)16/h5-6,9-10H,7-8H2,1-4H3. The summed E-state index contributed by atoms with van der Waals surface area (Å²) in [7, 11) is 0. The van der Waals surface area contributed by atoms with Gasteiger partial charge in [-0.25, -0.2) is 0 Å². The topological polar surface area (TPSA) is 34.1 Å². The highest BCUT2D eigenvalue weighted by Crippen LogP contribution is 2.34. The Balaban J connectivity index is 2.82. The molecule has 1 aliphatic carbocycles. The van der Waals surface area contributed by atoms with Crippen LogP contribution in [-0.4, -0.2) is 11.6 Å². The molecule has 0 amide bonds. The molecule has 0 aromatic heterocycles. The fraction of sp³-hybridized carbons (Fsp3) is 0.571. The van der Waals surface area contributed by atoms with E-state index in [0.717, 1.165) is 12.8 Å². The van der Waals surface area contributed by atoms with Crippen LogP contribution in [0.15, 0.2) is 23.8 Å². The Kier molecular flexibility index (Phi) is 3.84. The van der Waals surface area contributed by atoms with Crippen LogP contribution in [0.3, 0.4) is 0 Å². The van der Waals surface area contributed by atoms with Gasteiger partial charge in [0.25, 0.3) is 0 Å². The molecule has 1 aliphatic rings. The number of hydrogen-bond donors (Lipinski definition) is 0. The van der Waals surface area contributed by atoms with Crippen molar-refractivity contribution in [3.63, 3.8) is 0 Å². The van der Waals surface area contributed by atoms with Crippen molar-refractivity contribution in [1.82, 2.24) is 0 Å². The van der Waals surface area contributed by atoms with Gasteiger partial charge in [-0.15, -0.1) is 0 Å². The molecule has 0 aromatic rings. The summed E-state index contributed by atoms with van der Waals surface area (Å²) in [5, 5.41) is 0. The number of ketones is 2. The van der Waals surface area contributed by atoms with E-state index in [1.54, 1.807) is 0 Å². The van der Waals surface area contributed by atoms with E-state index in [-0.39, 0.29) is 17.0 Å². The predicted molar refractivity (Wildman–Crippen MR) is 65.1 cm³/mol. The van der Waals surface area contributed by atoms with Gasteiger partial charge >= 0.3 is 0 Å². The SMILES string of the molecule is CC(C)CCC(C)(C)C1=CC(=O)C=CC1=O. The third kappa shape index (κ3) is 3.16. The van der Waals surface area contributed by atoms with E-state index in [4.69, 9.17) is 0 Å². The van der Waals surface area contributed by atoms with Gasteiger partial charge in [-0.3, -0.25) is 9.59 Å². The molecule has 0 fully saturated rings. The molecule has 0 saturated carbocycles. The lowest BCUT2D eigenvalue weighted by molar-refractivity contribution is -0.115. The van der Waals surface area contributed by atoms with E-state index in [0.29, 0.717) is 11.5 Å². The Morgan fingerprint density at radius 2 is 1.81 bits per heavy atom. The minimum absolute atomic E-state index is 0.0200. The summed E-state index contributed by atoms with van der Waals surface area (Å²) in [4.78, 5) is 23.0. The Labute approximate surface area is 97.4 Å². The highest BCUT2D eigenvalue weighted by molar-refractivity contribution is 6.17.